The smallest absolute Gasteiger partial charge is 0.598 e. The number of hydrogen-bond acceptors (Lipinski definition) is 6. The Balaban J connectivity index is -0.0000000300. The fourth-order valence-corrected chi connectivity index (χ4v) is 0. The Morgan fingerprint density at radius 2 is 0.700 bits per heavy atom. The summed E-state index contributed by atoms with van der Waals surface area (Å²) in [5, 5.41) is 0. The van der Waals surface area contributed by atoms with Crippen molar-refractivity contribution in [2.45, 2.75) is 0 Å². The molecule has 0 saturated heterocycles. The van der Waals surface area contributed by atoms with Crippen molar-refractivity contribution in [2.24, 2.45) is 0 Å². The predicted molar refractivity (Wildman–Crippen MR) is 15.2 cm³/mol. The van der Waals surface area contributed by atoms with Crippen molar-refractivity contribution in [1.29, 1.82) is 0 Å². The Kier molecular flexibility index (Phi) is 38.7. The molecule has 0 unspecified atom stereocenters. The Morgan fingerprint density at radius 3 is 0.700 bits per heavy atom. The number of hydrogen-bond donors (Lipinski definition) is 0. The zero-order valence-corrected chi connectivity index (χ0v) is 14.6. The Bertz CT molecular complexity index is 71.7. The third-order valence-corrected chi connectivity index (χ3v) is 0. The van der Waals surface area contributed by atoms with Gasteiger partial charge >= 0.3 is 54.6 Å². The standard InChI is InChI=1S/2Cd.2HO3P/c;;2*1-4(2)3/h;;2*(H,1,2,3)/q2*+2;;/p-2. The molecule has 10 heteroatoms. The molecule has 6 nitrogen and oxygen atoms in total. The van der Waals surface area contributed by atoms with E-state index in [1.165, 1.54) is 0 Å². The first kappa shape index (κ1) is 22.6. The van der Waals surface area contributed by atoms with Crippen LogP contribution in [0.15, 0.2) is 0 Å². The van der Waals surface area contributed by atoms with Gasteiger partial charge in [0.25, 0.3) is 16.5 Å². The van der Waals surface area contributed by atoms with Crippen LogP contribution < -0.4 is 19.6 Å². The van der Waals surface area contributed by atoms with Gasteiger partial charge in [0.05, 0.1) is 0 Å². The molecule has 0 atom stereocenters. The molecule has 48 valence electrons. The Labute approximate surface area is 98.9 Å². The topological polar surface area (TPSA) is 126 Å². The van der Waals surface area contributed by atoms with Gasteiger partial charge in [-0.25, -0.2) is 0 Å². The zero-order chi connectivity index (χ0) is 7.15. The fourth-order valence-electron chi connectivity index (χ4n) is 0. The molecule has 0 aromatic carbocycles. The minimum absolute atomic E-state index is 0. The molecule has 0 aromatic heterocycles. The molecule has 0 N–H and O–H groups in total. The SMILES string of the molecule is O=[P+]([O-])[O-].O=[P+]([O-])[O-].[Cd+2].[Cd+2]. The van der Waals surface area contributed by atoms with E-state index in [4.69, 9.17) is 28.7 Å². The van der Waals surface area contributed by atoms with Gasteiger partial charge in [-0.1, -0.05) is 9.13 Å². The van der Waals surface area contributed by atoms with Crippen molar-refractivity contribution in [1.82, 2.24) is 0 Å². The summed E-state index contributed by atoms with van der Waals surface area (Å²) in [6.07, 6.45) is 0. The molecule has 0 heterocycles. The van der Waals surface area contributed by atoms with Crippen molar-refractivity contribution in [3.05, 3.63) is 0 Å². The van der Waals surface area contributed by atoms with Crippen LogP contribution in [0.2, 0.25) is 0 Å². The molecule has 0 aliphatic heterocycles. The minimum Gasteiger partial charge on any atom is -0.598 e. The number of rotatable bonds is 0. The first-order valence-corrected chi connectivity index (χ1v) is 3.29. The van der Waals surface area contributed by atoms with Gasteiger partial charge in [0.1, 0.15) is 0 Å². The third kappa shape index (κ3) is 220. The van der Waals surface area contributed by atoms with Crippen LogP contribution in [0.3, 0.4) is 0 Å². The van der Waals surface area contributed by atoms with Gasteiger partial charge in [-0.05, 0) is 0 Å². The van der Waals surface area contributed by atoms with Gasteiger partial charge in [0, 0.05) is 0 Å². The molecule has 0 bridgehead atoms. The van der Waals surface area contributed by atoms with Crippen molar-refractivity contribution in [3.63, 3.8) is 0 Å². The average molecular weight is 383 g/mol. The van der Waals surface area contributed by atoms with Gasteiger partial charge in [0.2, 0.25) is 0 Å². The average Bonchev–Trinajstić information content (AvgIpc) is 1.25. The third-order valence-electron chi connectivity index (χ3n) is 0. The summed E-state index contributed by atoms with van der Waals surface area (Å²) in [5.74, 6) is 0. The molecule has 0 aromatic rings. The fraction of sp³-hybridized carbons (Fsp3) is 0. The van der Waals surface area contributed by atoms with Gasteiger partial charge in [0.15, 0.2) is 0 Å². The summed E-state index contributed by atoms with van der Waals surface area (Å²) in [5.41, 5.74) is 0. The van der Waals surface area contributed by atoms with Gasteiger partial charge in [-0.15, -0.1) is 0 Å². The molecule has 0 fully saturated rings. The van der Waals surface area contributed by atoms with Crippen LogP contribution in [-0.4, -0.2) is 0 Å². The van der Waals surface area contributed by atoms with Crippen molar-refractivity contribution in [3.8, 4) is 0 Å². The summed E-state index contributed by atoms with van der Waals surface area (Å²) in [4.78, 5) is 33.9. The molecule has 10 heavy (non-hydrogen) atoms. The van der Waals surface area contributed by atoms with E-state index >= 15 is 0 Å². The summed E-state index contributed by atoms with van der Waals surface area (Å²) >= 11 is 0. The van der Waals surface area contributed by atoms with Crippen molar-refractivity contribution in [2.75, 3.05) is 0 Å². The zero-order valence-electron chi connectivity index (χ0n) is 4.76. The van der Waals surface area contributed by atoms with Crippen LogP contribution in [-0.2, 0) is 63.7 Å². The summed E-state index contributed by atoms with van der Waals surface area (Å²) in [7, 11) is -6.74. The van der Waals surface area contributed by atoms with E-state index in [2.05, 4.69) is 0 Å². The molecule has 0 rings (SSSR count). The predicted octanol–water partition coefficient (Wildman–Crippen LogP) is -3.28. The van der Waals surface area contributed by atoms with E-state index in [9.17, 15) is 0 Å². The van der Waals surface area contributed by atoms with Crippen LogP contribution in [0.1, 0.15) is 0 Å². The summed E-state index contributed by atoms with van der Waals surface area (Å²) < 4.78 is 17.0. The molecule has 0 radical (unpaired) electrons. The second-order valence-electron chi connectivity index (χ2n) is 0.447. The van der Waals surface area contributed by atoms with Gasteiger partial charge in [-0.2, -0.15) is 0 Å². The van der Waals surface area contributed by atoms with E-state index in [1.54, 1.807) is 0 Å². The van der Waals surface area contributed by atoms with E-state index in [1.807, 2.05) is 0 Å². The second kappa shape index (κ2) is 17.1. The molecule has 0 aliphatic rings. The summed E-state index contributed by atoms with van der Waals surface area (Å²) in [6, 6.07) is 0. The van der Waals surface area contributed by atoms with Crippen LogP contribution in [0.25, 0.3) is 0 Å². The minimum atomic E-state index is -3.37. The molecular formula is Cd2O6P2+2. The van der Waals surface area contributed by atoms with Crippen LogP contribution in [0.5, 0.6) is 0 Å². The van der Waals surface area contributed by atoms with E-state index in [0.717, 1.165) is 0 Å². The molecule has 0 aliphatic carbocycles. The first-order chi connectivity index (χ1) is 3.46. The molecule has 0 amide bonds. The maximum absolute atomic E-state index is 8.48. The van der Waals surface area contributed by atoms with Crippen molar-refractivity contribution >= 4 is 16.5 Å². The molecule has 0 spiro atoms. The van der Waals surface area contributed by atoms with Gasteiger partial charge in [-0.3, -0.25) is 0 Å². The first-order valence-electron chi connectivity index (χ1n) is 1.10. The maximum Gasteiger partial charge on any atom is 2.00 e. The van der Waals surface area contributed by atoms with E-state index in [0.29, 0.717) is 0 Å². The van der Waals surface area contributed by atoms with Crippen LogP contribution in [0.4, 0.5) is 0 Å². The largest absolute Gasteiger partial charge is 2.00 e. The normalized spacial score (nSPS) is 5.20. The van der Waals surface area contributed by atoms with Crippen LogP contribution in [0, 0.1) is 0 Å². The Hall–Kier alpha value is 1.88. The van der Waals surface area contributed by atoms with Crippen molar-refractivity contribution < 1.29 is 83.3 Å². The van der Waals surface area contributed by atoms with Crippen LogP contribution >= 0.6 is 16.5 Å². The molecule has 0 saturated carbocycles. The second-order valence-corrected chi connectivity index (χ2v) is 1.34. The quantitative estimate of drug-likeness (QED) is 0.319. The molecular weight excluding hydrogens is 383 g/mol. The van der Waals surface area contributed by atoms with E-state index in [-0.39, 0.29) is 54.6 Å². The monoisotopic (exact) mass is 386 g/mol. The maximum atomic E-state index is 8.48. The van der Waals surface area contributed by atoms with E-state index < -0.39 is 16.5 Å². The Morgan fingerprint density at radius 1 is 0.700 bits per heavy atom. The summed E-state index contributed by atoms with van der Waals surface area (Å²) in [6.45, 7) is 0. The van der Waals surface area contributed by atoms with Gasteiger partial charge < -0.3 is 19.6 Å².